The fraction of sp³-hybridized carbons (Fsp3) is 0.348. The summed E-state index contributed by atoms with van der Waals surface area (Å²) < 4.78 is 5.42. The lowest BCUT2D eigenvalue weighted by atomic mass is 10.1. The molecule has 1 aromatic heterocycles. The van der Waals surface area contributed by atoms with E-state index in [0.29, 0.717) is 29.8 Å². The van der Waals surface area contributed by atoms with Gasteiger partial charge >= 0.3 is 0 Å². The van der Waals surface area contributed by atoms with Crippen molar-refractivity contribution in [2.75, 3.05) is 38.0 Å². The van der Waals surface area contributed by atoms with Crippen LogP contribution in [0.4, 0.5) is 5.69 Å². The molecule has 1 amide bonds. The van der Waals surface area contributed by atoms with E-state index in [-0.39, 0.29) is 5.91 Å². The van der Waals surface area contributed by atoms with E-state index in [1.54, 1.807) is 0 Å². The van der Waals surface area contributed by atoms with Gasteiger partial charge in [-0.3, -0.25) is 14.6 Å². The number of aryl methyl sites for hydroxylation is 2. The van der Waals surface area contributed by atoms with Crippen LogP contribution in [0.3, 0.4) is 0 Å². The van der Waals surface area contributed by atoms with Crippen LogP contribution in [0.5, 0.6) is 0 Å². The van der Waals surface area contributed by atoms with Gasteiger partial charge in [0.25, 0.3) is 0 Å². The molecule has 31 heavy (non-hydrogen) atoms. The predicted molar refractivity (Wildman–Crippen MR) is 121 cm³/mol. The maximum Gasteiger partial charge on any atom is 0.241 e. The smallest absolute Gasteiger partial charge is 0.241 e. The van der Waals surface area contributed by atoms with E-state index in [0.717, 1.165) is 43.0 Å². The van der Waals surface area contributed by atoms with E-state index in [9.17, 15) is 4.79 Å². The van der Waals surface area contributed by atoms with Gasteiger partial charge in [0.15, 0.2) is 0 Å². The highest BCUT2D eigenvalue weighted by Gasteiger charge is 2.21. The number of benzene rings is 2. The van der Waals surface area contributed by atoms with Crippen molar-refractivity contribution in [1.82, 2.24) is 19.9 Å². The van der Waals surface area contributed by atoms with Gasteiger partial charge in [0, 0.05) is 42.5 Å². The number of hydrogen-bond acceptors (Lipinski definition) is 6. The number of aromatic nitrogens is 2. The number of nitrogens with zero attached hydrogens (tertiary/aromatic N) is 4. The minimum atomic E-state index is 0.0184. The monoisotopic (exact) mass is 439 g/mol. The molecule has 0 unspecified atom stereocenters. The van der Waals surface area contributed by atoms with Crippen molar-refractivity contribution in [3.63, 3.8) is 0 Å². The first kappa shape index (κ1) is 21.5. The van der Waals surface area contributed by atoms with Gasteiger partial charge in [-0.2, -0.15) is 4.98 Å². The molecule has 2 aromatic carbocycles. The van der Waals surface area contributed by atoms with Crippen LogP contribution >= 0.6 is 11.6 Å². The molecule has 7 nitrogen and oxygen atoms in total. The molecule has 1 aliphatic rings. The molecule has 3 aromatic rings. The number of carbonyl (C=O) groups excluding carboxylic acids is 1. The van der Waals surface area contributed by atoms with Crippen LogP contribution in [0, 0.1) is 13.8 Å². The molecular weight excluding hydrogens is 414 g/mol. The molecule has 0 saturated carbocycles. The summed E-state index contributed by atoms with van der Waals surface area (Å²) in [5.74, 6) is 1.17. The lowest BCUT2D eigenvalue weighted by Crippen LogP contribution is -2.48. The second-order valence-electron chi connectivity index (χ2n) is 7.94. The van der Waals surface area contributed by atoms with Crippen LogP contribution in [-0.4, -0.2) is 58.6 Å². The average Bonchev–Trinajstić information content (AvgIpc) is 3.20. The summed E-state index contributed by atoms with van der Waals surface area (Å²) in [4.78, 5) is 21.4. The van der Waals surface area contributed by atoms with E-state index < -0.39 is 0 Å². The summed E-state index contributed by atoms with van der Waals surface area (Å²) in [6.45, 7) is 8.37. The minimum absolute atomic E-state index is 0.0184. The fourth-order valence-corrected chi connectivity index (χ4v) is 3.80. The van der Waals surface area contributed by atoms with E-state index in [1.165, 1.54) is 5.56 Å². The molecule has 1 fully saturated rings. The summed E-state index contributed by atoms with van der Waals surface area (Å²) in [6, 6.07) is 13.4. The van der Waals surface area contributed by atoms with Gasteiger partial charge in [0.1, 0.15) is 0 Å². The molecule has 0 atom stereocenters. The third-order valence-corrected chi connectivity index (χ3v) is 5.67. The largest absolute Gasteiger partial charge is 0.338 e. The molecule has 1 N–H and O–H groups in total. The Labute approximate surface area is 187 Å². The van der Waals surface area contributed by atoms with Gasteiger partial charge in [0.2, 0.25) is 17.6 Å². The maximum absolute atomic E-state index is 12.4. The summed E-state index contributed by atoms with van der Waals surface area (Å²) in [7, 11) is 0. The van der Waals surface area contributed by atoms with E-state index in [2.05, 4.69) is 31.3 Å². The van der Waals surface area contributed by atoms with Crippen LogP contribution in [0.15, 0.2) is 47.0 Å². The summed E-state index contributed by atoms with van der Waals surface area (Å²) in [5, 5.41) is 7.76. The fourth-order valence-electron chi connectivity index (χ4n) is 3.68. The highest BCUT2D eigenvalue weighted by Crippen LogP contribution is 2.19. The highest BCUT2D eigenvalue weighted by atomic mass is 35.5. The van der Waals surface area contributed by atoms with Crippen LogP contribution in [0.2, 0.25) is 5.02 Å². The van der Waals surface area contributed by atoms with Crippen LogP contribution in [0.25, 0.3) is 11.4 Å². The second-order valence-corrected chi connectivity index (χ2v) is 8.37. The number of amides is 1. The summed E-state index contributed by atoms with van der Waals surface area (Å²) in [6.07, 6.45) is 0. The molecule has 0 spiro atoms. The van der Waals surface area contributed by atoms with Gasteiger partial charge in [-0.1, -0.05) is 34.5 Å². The zero-order valence-corrected chi connectivity index (χ0v) is 18.5. The first-order valence-corrected chi connectivity index (χ1v) is 10.7. The van der Waals surface area contributed by atoms with Gasteiger partial charge in [-0.25, -0.2) is 0 Å². The first-order chi connectivity index (χ1) is 15.0. The third kappa shape index (κ3) is 5.70. The number of nitrogens with one attached hydrogen (secondary N) is 1. The van der Waals surface area contributed by atoms with Crippen molar-refractivity contribution >= 4 is 23.2 Å². The van der Waals surface area contributed by atoms with Crippen molar-refractivity contribution in [3.8, 4) is 11.4 Å². The Morgan fingerprint density at radius 3 is 2.48 bits per heavy atom. The first-order valence-electron chi connectivity index (χ1n) is 10.4. The number of anilines is 1. The van der Waals surface area contributed by atoms with Crippen molar-refractivity contribution in [1.29, 1.82) is 0 Å². The predicted octanol–water partition coefficient (Wildman–Crippen LogP) is 3.76. The molecule has 4 rings (SSSR count). The zero-order valence-electron chi connectivity index (χ0n) is 17.8. The van der Waals surface area contributed by atoms with Crippen molar-refractivity contribution in [3.05, 3.63) is 64.5 Å². The van der Waals surface area contributed by atoms with Crippen molar-refractivity contribution in [2.45, 2.75) is 20.4 Å². The third-order valence-electron chi connectivity index (χ3n) is 5.42. The lowest BCUT2D eigenvalue weighted by molar-refractivity contribution is -0.117. The van der Waals surface area contributed by atoms with Gasteiger partial charge in [-0.05, 0) is 49.7 Å². The summed E-state index contributed by atoms with van der Waals surface area (Å²) in [5.41, 5.74) is 4.02. The number of carbonyl (C=O) groups is 1. The molecule has 1 saturated heterocycles. The molecule has 0 radical (unpaired) electrons. The Bertz CT molecular complexity index is 1040. The van der Waals surface area contributed by atoms with Crippen LogP contribution < -0.4 is 5.32 Å². The van der Waals surface area contributed by atoms with E-state index in [4.69, 9.17) is 16.1 Å². The lowest BCUT2D eigenvalue weighted by Gasteiger charge is -2.33. The van der Waals surface area contributed by atoms with E-state index >= 15 is 0 Å². The Kier molecular flexibility index (Phi) is 6.65. The number of halogens is 1. The molecule has 8 heteroatoms. The zero-order chi connectivity index (χ0) is 21.8. The quantitative estimate of drug-likeness (QED) is 0.630. The van der Waals surface area contributed by atoms with Gasteiger partial charge in [0.05, 0.1) is 13.1 Å². The normalized spacial score (nSPS) is 15.2. The maximum atomic E-state index is 12.4. The molecule has 1 aliphatic heterocycles. The standard InChI is InChI=1S/C23H26ClN5O2/c1-16-3-8-20(17(2)13-16)25-21(30)14-28-9-11-29(12-10-28)15-22-26-23(27-31-22)18-4-6-19(24)7-5-18/h3-8,13H,9-12,14-15H2,1-2H3,(H,25,30). The van der Waals surface area contributed by atoms with Crippen molar-refractivity contribution < 1.29 is 9.32 Å². The average molecular weight is 440 g/mol. The molecule has 2 heterocycles. The molecule has 0 aliphatic carbocycles. The highest BCUT2D eigenvalue weighted by molar-refractivity contribution is 6.30. The number of rotatable bonds is 6. The molecular formula is C23H26ClN5O2. The van der Waals surface area contributed by atoms with E-state index in [1.807, 2.05) is 50.2 Å². The Hall–Kier alpha value is -2.74. The van der Waals surface area contributed by atoms with Crippen molar-refractivity contribution in [2.24, 2.45) is 0 Å². The number of piperazine rings is 1. The molecule has 162 valence electrons. The molecule has 0 bridgehead atoms. The SMILES string of the molecule is Cc1ccc(NC(=O)CN2CCN(Cc3nc(-c4ccc(Cl)cc4)no3)CC2)c(C)c1. The summed E-state index contributed by atoms with van der Waals surface area (Å²) >= 11 is 5.93. The Balaban J connectivity index is 1.24. The van der Waals surface area contributed by atoms with Crippen LogP contribution in [-0.2, 0) is 11.3 Å². The number of hydrogen-bond donors (Lipinski definition) is 1. The Morgan fingerprint density at radius 2 is 1.77 bits per heavy atom. The van der Waals surface area contributed by atoms with Gasteiger partial charge < -0.3 is 9.84 Å². The Morgan fingerprint density at radius 1 is 1.06 bits per heavy atom. The topological polar surface area (TPSA) is 74.5 Å². The second kappa shape index (κ2) is 9.60. The van der Waals surface area contributed by atoms with Crippen LogP contribution in [0.1, 0.15) is 17.0 Å². The minimum Gasteiger partial charge on any atom is -0.338 e. The van der Waals surface area contributed by atoms with Gasteiger partial charge in [-0.15, -0.1) is 0 Å².